The van der Waals surface area contributed by atoms with E-state index in [0.717, 1.165) is 56.0 Å². The second-order valence-corrected chi connectivity index (χ2v) is 15.3. The minimum atomic E-state index is -0.810. The van der Waals surface area contributed by atoms with Gasteiger partial charge in [0.15, 0.2) is 5.69 Å². The predicted octanol–water partition coefficient (Wildman–Crippen LogP) is 13.4. The highest BCUT2D eigenvalue weighted by atomic mass is 15.2. The zero-order valence-corrected chi connectivity index (χ0v) is 31.6. The van der Waals surface area contributed by atoms with Gasteiger partial charge in [0, 0.05) is 17.3 Å². The van der Waals surface area contributed by atoms with Gasteiger partial charge in [-0.3, -0.25) is 0 Å². The molecule has 3 nitrogen and oxygen atoms in total. The Labute approximate surface area is 338 Å². The summed E-state index contributed by atoms with van der Waals surface area (Å²) in [7, 11) is 0. The predicted molar refractivity (Wildman–Crippen MR) is 235 cm³/mol. The lowest BCUT2D eigenvalue weighted by molar-refractivity contribution is 0.741. The van der Waals surface area contributed by atoms with Crippen LogP contribution < -0.4 is 4.90 Å². The molecule has 7 aromatic rings. The normalized spacial score (nSPS) is 16.2. The van der Waals surface area contributed by atoms with Gasteiger partial charge in [0.2, 0.25) is 0 Å². The number of allylic oxidation sites excluding steroid dienone is 6. The fourth-order valence-electron chi connectivity index (χ4n) is 10.3. The third-order valence-corrected chi connectivity index (χ3v) is 12.5. The Bertz CT molecular complexity index is 2940. The van der Waals surface area contributed by atoms with Gasteiger partial charge in [-0.05, 0) is 109 Å². The first-order valence-electron chi connectivity index (χ1n) is 19.8. The summed E-state index contributed by atoms with van der Waals surface area (Å²) < 4.78 is 0. The summed E-state index contributed by atoms with van der Waals surface area (Å²) >= 11 is 0. The highest BCUT2D eigenvalue weighted by molar-refractivity contribution is 5.94. The third-order valence-electron chi connectivity index (χ3n) is 12.5. The first kappa shape index (κ1) is 33.6. The molecule has 0 amide bonds. The number of anilines is 2. The van der Waals surface area contributed by atoms with Crippen LogP contribution >= 0.6 is 0 Å². The van der Waals surface area contributed by atoms with E-state index in [1.54, 1.807) is 0 Å². The van der Waals surface area contributed by atoms with Gasteiger partial charge in [-0.1, -0.05) is 164 Å². The van der Waals surface area contributed by atoms with Crippen molar-refractivity contribution in [2.24, 2.45) is 0 Å². The summed E-state index contributed by atoms with van der Waals surface area (Å²) in [4.78, 5) is 6.63. The van der Waals surface area contributed by atoms with Crippen LogP contribution in [-0.2, 0) is 11.8 Å². The zero-order valence-electron chi connectivity index (χ0n) is 31.6. The van der Waals surface area contributed by atoms with Crippen LogP contribution in [0.4, 0.5) is 17.1 Å². The van der Waals surface area contributed by atoms with Gasteiger partial charge >= 0.3 is 0 Å². The summed E-state index contributed by atoms with van der Waals surface area (Å²) in [6.45, 7) is 8.78. The van der Waals surface area contributed by atoms with E-state index in [4.69, 9.17) is 6.57 Å². The van der Waals surface area contributed by atoms with Gasteiger partial charge in [-0.15, -0.1) is 0 Å². The second-order valence-electron chi connectivity index (χ2n) is 15.3. The molecule has 3 heteroatoms. The zero-order chi connectivity index (χ0) is 38.8. The van der Waals surface area contributed by atoms with Gasteiger partial charge < -0.3 is 4.90 Å². The lowest BCUT2D eigenvalue weighted by atomic mass is 9.59. The van der Waals surface area contributed by atoms with E-state index in [0.29, 0.717) is 17.7 Å². The van der Waals surface area contributed by atoms with Crippen molar-refractivity contribution in [3.8, 4) is 28.3 Å². The summed E-state index contributed by atoms with van der Waals surface area (Å²) in [5, 5.41) is 10.9. The van der Waals surface area contributed by atoms with Crippen LogP contribution in [0, 0.1) is 17.9 Å². The Hall–Kier alpha value is -7.72. The molecule has 0 bridgehead atoms. The summed E-state index contributed by atoms with van der Waals surface area (Å²) in [6.07, 6.45) is 9.41. The number of nitriles is 1. The molecule has 0 saturated carbocycles. The fourth-order valence-corrected chi connectivity index (χ4v) is 10.3. The van der Waals surface area contributed by atoms with Crippen molar-refractivity contribution in [1.29, 1.82) is 5.26 Å². The van der Waals surface area contributed by atoms with Crippen LogP contribution in [0.5, 0.6) is 0 Å². The maximum atomic E-state index is 10.9. The Balaban J connectivity index is 1.25. The van der Waals surface area contributed by atoms with E-state index >= 15 is 0 Å². The molecule has 0 spiro atoms. The smallest absolute Gasteiger partial charge is 0.191 e. The molecular formula is C55H35N3. The van der Waals surface area contributed by atoms with Gasteiger partial charge in [0.05, 0.1) is 29.3 Å². The van der Waals surface area contributed by atoms with E-state index in [9.17, 15) is 5.26 Å². The topological polar surface area (TPSA) is 31.4 Å². The van der Waals surface area contributed by atoms with E-state index < -0.39 is 5.41 Å². The van der Waals surface area contributed by atoms with Crippen LogP contribution in [0.3, 0.4) is 0 Å². The van der Waals surface area contributed by atoms with Crippen LogP contribution in [0.15, 0.2) is 211 Å². The molecule has 1 unspecified atom stereocenters. The minimum Gasteiger partial charge on any atom is -0.310 e. The summed E-state index contributed by atoms with van der Waals surface area (Å²) in [6, 6.07) is 62.9. The van der Waals surface area contributed by atoms with Crippen LogP contribution in [0.1, 0.15) is 44.9 Å². The molecule has 11 rings (SSSR count). The average Bonchev–Trinajstić information content (AvgIpc) is 3.41. The molecule has 58 heavy (non-hydrogen) atoms. The van der Waals surface area contributed by atoms with Crippen molar-refractivity contribution in [2.45, 2.75) is 17.8 Å². The number of para-hydroxylation sites is 2. The molecule has 4 aliphatic rings. The highest BCUT2D eigenvalue weighted by Crippen LogP contribution is 2.60. The largest absolute Gasteiger partial charge is 0.310 e. The van der Waals surface area contributed by atoms with Crippen molar-refractivity contribution in [2.75, 3.05) is 4.90 Å². The molecule has 1 atom stereocenters. The van der Waals surface area contributed by atoms with Crippen molar-refractivity contribution in [3.63, 3.8) is 0 Å². The Morgan fingerprint density at radius 2 is 1.16 bits per heavy atom. The molecule has 0 heterocycles. The van der Waals surface area contributed by atoms with Crippen molar-refractivity contribution < 1.29 is 0 Å². The Morgan fingerprint density at radius 1 is 0.621 bits per heavy atom. The van der Waals surface area contributed by atoms with E-state index in [2.05, 4.69) is 198 Å². The van der Waals surface area contributed by atoms with Crippen LogP contribution in [0.2, 0.25) is 0 Å². The van der Waals surface area contributed by atoms with Gasteiger partial charge in [-0.2, -0.15) is 5.26 Å². The Morgan fingerprint density at radius 3 is 1.72 bits per heavy atom. The molecule has 0 fully saturated rings. The first-order chi connectivity index (χ1) is 28.7. The SMILES string of the molecule is [C-]#[N+]c1cc(C2(c3ccccc3)c3ccccc3-c3ccccc3-c3ccccc32)c2c3c1CC=C1C(N(c4ccccc4)c4ccccc4)=CC(C#N)=C(C=C2)C13. The molecule has 0 radical (unpaired) electrons. The number of hydrogen-bond acceptors (Lipinski definition) is 2. The minimum absolute atomic E-state index is 0.241. The second kappa shape index (κ2) is 13.2. The number of nitrogens with zero attached hydrogens (tertiary/aromatic N) is 3. The standard InChI is InChI=1S/C55H35N3/c1-57-51-34-50(55(37-17-5-2-6-18-37)48-27-15-13-25-43(48)41-23-11-12-24-42(41)44-26-14-16-28-49(44)55)45-30-29-40-36(35-56)33-52(47-32-31-46(51)54(45)53(40)47)58(38-19-7-3-8-20-38)39-21-9-4-10-22-39/h2-30,32-34,53H,31H2. The molecule has 0 aromatic heterocycles. The monoisotopic (exact) mass is 737 g/mol. The maximum Gasteiger partial charge on any atom is 0.191 e. The lowest BCUT2D eigenvalue weighted by Gasteiger charge is -2.44. The molecular weight excluding hydrogens is 703 g/mol. The molecule has 0 saturated heterocycles. The number of benzene rings is 7. The lowest BCUT2D eigenvalue weighted by Crippen LogP contribution is -2.34. The molecule has 270 valence electrons. The quantitative estimate of drug-likeness (QED) is 0.165. The number of rotatable bonds is 5. The van der Waals surface area contributed by atoms with E-state index in [1.807, 2.05) is 12.1 Å². The third kappa shape index (κ3) is 4.72. The Kier molecular flexibility index (Phi) is 7.65. The first-order valence-corrected chi connectivity index (χ1v) is 19.8. The van der Waals surface area contributed by atoms with Gasteiger partial charge in [-0.25, -0.2) is 4.85 Å². The molecule has 7 aromatic carbocycles. The van der Waals surface area contributed by atoms with Crippen LogP contribution in [-0.4, -0.2) is 0 Å². The average molecular weight is 738 g/mol. The van der Waals surface area contributed by atoms with E-state index in [1.165, 1.54) is 33.4 Å². The fraction of sp³-hybridized carbons (Fsp3) is 0.0545. The van der Waals surface area contributed by atoms with E-state index in [-0.39, 0.29) is 5.92 Å². The van der Waals surface area contributed by atoms with Crippen molar-refractivity contribution >= 4 is 23.1 Å². The molecule has 4 aliphatic carbocycles. The molecule has 0 N–H and O–H groups in total. The highest BCUT2D eigenvalue weighted by Gasteiger charge is 2.48. The molecule has 0 aliphatic heterocycles. The van der Waals surface area contributed by atoms with Crippen LogP contribution in [0.25, 0.3) is 33.2 Å². The van der Waals surface area contributed by atoms with Gasteiger partial charge in [0.1, 0.15) is 0 Å². The van der Waals surface area contributed by atoms with Crippen molar-refractivity contribution in [3.05, 3.63) is 261 Å². The van der Waals surface area contributed by atoms with Crippen molar-refractivity contribution in [1.82, 2.24) is 0 Å². The maximum absolute atomic E-state index is 10.9. The summed E-state index contributed by atoms with van der Waals surface area (Å²) in [5.74, 6) is -0.241. The van der Waals surface area contributed by atoms with Gasteiger partial charge in [0.25, 0.3) is 0 Å². The number of fused-ring (bicyclic) bond motifs is 5. The number of hydrogen-bond donors (Lipinski definition) is 0. The summed E-state index contributed by atoms with van der Waals surface area (Å²) in [5.41, 5.74) is 18.2.